The summed E-state index contributed by atoms with van der Waals surface area (Å²) in [6.07, 6.45) is 3.76. The molecule has 2 N–H and O–H groups in total. The van der Waals surface area contributed by atoms with Crippen molar-refractivity contribution in [2.75, 3.05) is 6.61 Å². The van der Waals surface area contributed by atoms with Gasteiger partial charge in [0, 0.05) is 16.1 Å². The fourth-order valence-corrected chi connectivity index (χ4v) is 2.31. The molecule has 0 radical (unpaired) electrons. The number of nitrogens with two attached hydrogens (primary N) is 1. The van der Waals surface area contributed by atoms with E-state index in [4.69, 9.17) is 10.5 Å². The summed E-state index contributed by atoms with van der Waals surface area (Å²) in [6.45, 7) is 2.68. The monoisotopic (exact) mass is 283 g/mol. The highest BCUT2D eigenvalue weighted by atomic mass is 79.9. The van der Waals surface area contributed by atoms with Crippen LogP contribution in [0.3, 0.4) is 0 Å². The molecule has 88 valence electrons. The molecule has 1 fully saturated rings. The Balaban J connectivity index is 2.17. The first-order valence-corrected chi connectivity index (χ1v) is 6.67. The standard InChI is InChI=1S/C13H18BrNO/c1-2-16-13-6-5-10(14)8-11(13)12(15)7-9-3-4-9/h5-6,8-9,12H,2-4,7,15H2,1H3/t12-/m0/s1. The van der Waals surface area contributed by atoms with Gasteiger partial charge in [-0.25, -0.2) is 0 Å². The van der Waals surface area contributed by atoms with Crippen LogP contribution in [-0.2, 0) is 0 Å². The van der Waals surface area contributed by atoms with E-state index in [1.807, 2.05) is 19.1 Å². The molecule has 2 rings (SSSR count). The van der Waals surface area contributed by atoms with Crippen LogP contribution in [0, 0.1) is 5.92 Å². The van der Waals surface area contributed by atoms with Crippen molar-refractivity contribution < 1.29 is 4.74 Å². The average Bonchev–Trinajstić information content (AvgIpc) is 3.05. The van der Waals surface area contributed by atoms with Crippen molar-refractivity contribution in [2.24, 2.45) is 11.7 Å². The van der Waals surface area contributed by atoms with Gasteiger partial charge in [0.05, 0.1) is 6.61 Å². The molecule has 0 unspecified atom stereocenters. The molecule has 16 heavy (non-hydrogen) atoms. The molecule has 1 aromatic carbocycles. The predicted octanol–water partition coefficient (Wildman–Crippen LogP) is 3.65. The molecule has 0 aliphatic heterocycles. The minimum atomic E-state index is 0.103. The number of benzene rings is 1. The highest BCUT2D eigenvalue weighted by Gasteiger charge is 2.25. The molecule has 0 spiro atoms. The summed E-state index contributed by atoms with van der Waals surface area (Å²) in [6, 6.07) is 6.18. The summed E-state index contributed by atoms with van der Waals surface area (Å²) < 4.78 is 6.68. The van der Waals surface area contributed by atoms with E-state index in [2.05, 4.69) is 22.0 Å². The lowest BCUT2D eigenvalue weighted by molar-refractivity contribution is 0.333. The molecule has 0 amide bonds. The molecule has 1 saturated carbocycles. The maximum Gasteiger partial charge on any atom is 0.124 e. The maximum absolute atomic E-state index is 6.24. The van der Waals surface area contributed by atoms with E-state index in [1.165, 1.54) is 12.8 Å². The summed E-state index contributed by atoms with van der Waals surface area (Å²) in [5, 5.41) is 0. The average molecular weight is 284 g/mol. The Morgan fingerprint density at radius 1 is 1.50 bits per heavy atom. The van der Waals surface area contributed by atoms with Crippen molar-refractivity contribution in [3.05, 3.63) is 28.2 Å². The van der Waals surface area contributed by atoms with E-state index in [9.17, 15) is 0 Å². The molecule has 2 nitrogen and oxygen atoms in total. The second-order valence-electron chi connectivity index (χ2n) is 4.40. The van der Waals surface area contributed by atoms with Crippen LogP contribution in [0.1, 0.15) is 37.8 Å². The summed E-state index contributed by atoms with van der Waals surface area (Å²) in [5.74, 6) is 1.77. The number of rotatable bonds is 5. The lowest BCUT2D eigenvalue weighted by Crippen LogP contribution is -2.13. The van der Waals surface area contributed by atoms with Crippen molar-refractivity contribution >= 4 is 15.9 Å². The van der Waals surface area contributed by atoms with Gasteiger partial charge >= 0.3 is 0 Å². The number of hydrogen-bond acceptors (Lipinski definition) is 2. The van der Waals surface area contributed by atoms with E-state index in [0.29, 0.717) is 6.61 Å². The van der Waals surface area contributed by atoms with E-state index in [-0.39, 0.29) is 6.04 Å². The SMILES string of the molecule is CCOc1ccc(Br)cc1[C@@H](N)CC1CC1. The lowest BCUT2D eigenvalue weighted by atomic mass is 10.0. The van der Waals surface area contributed by atoms with Gasteiger partial charge in [-0.05, 0) is 37.5 Å². The van der Waals surface area contributed by atoms with Crippen LogP contribution in [0.15, 0.2) is 22.7 Å². The molecule has 1 aliphatic carbocycles. The second-order valence-corrected chi connectivity index (χ2v) is 5.32. The molecule has 0 aromatic heterocycles. The summed E-state index contributed by atoms with van der Waals surface area (Å²) in [7, 11) is 0. The molecular formula is C13H18BrNO. The number of halogens is 1. The minimum absolute atomic E-state index is 0.103. The Morgan fingerprint density at radius 2 is 2.25 bits per heavy atom. The number of ether oxygens (including phenoxy) is 1. The Labute approximate surface area is 105 Å². The molecule has 0 saturated heterocycles. The van der Waals surface area contributed by atoms with Gasteiger partial charge in [-0.3, -0.25) is 0 Å². The first-order chi connectivity index (χ1) is 7.70. The normalized spacial score (nSPS) is 17.2. The zero-order valence-corrected chi connectivity index (χ0v) is 11.2. The Hall–Kier alpha value is -0.540. The van der Waals surface area contributed by atoms with Gasteiger partial charge in [-0.2, -0.15) is 0 Å². The van der Waals surface area contributed by atoms with Gasteiger partial charge in [0.15, 0.2) is 0 Å². The topological polar surface area (TPSA) is 35.2 Å². The van der Waals surface area contributed by atoms with Crippen molar-refractivity contribution in [1.82, 2.24) is 0 Å². The molecule has 1 aromatic rings. The quantitative estimate of drug-likeness (QED) is 0.895. The van der Waals surface area contributed by atoms with Gasteiger partial charge in [-0.15, -0.1) is 0 Å². The molecular weight excluding hydrogens is 266 g/mol. The highest BCUT2D eigenvalue weighted by molar-refractivity contribution is 9.10. The van der Waals surface area contributed by atoms with Crippen LogP contribution in [0.25, 0.3) is 0 Å². The van der Waals surface area contributed by atoms with E-state index in [1.54, 1.807) is 0 Å². The second kappa shape index (κ2) is 5.19. The maximum atomic E-state index is 6.24. The summed E-state index contributed by atoms with van der Waals surface area (Å²) in [5.41, 5.74) is 7.36. The van der Waals surface area contributed by atoms with Crippen LogP contribution in [0.2, 0.25) is 0 Å². The molecule has 1 atom stereocenters. The first kappa shape index (κ1) is 11.9. The zero-order valence-electron chi connectivity index (χ0n) is 9.58. The fraction of sp³-hybridized carbons (Fsp3) is 0.538. The first-order valence-electron chi connectivity index (χ1n) is 5.88. The molecule has 0 heterocycles. The van der Waals surface area contributed by atoms with E-state index < -0.39 is 0 Å². The molecule has 1 aliphatic rings. The molecule has 0 bridgehead atoms. The number of hydrogen-bond donors (Lipinski definition) is 1. The Bertz CT molecular complexity index is 363. The van der Waals surface area contributed by atoms with Crippen molar-refractivity contribution in [3.8, 4) is 5.75 Å². The van der Waals surface area contributed by atoms with Crippen LogP contribution in [0.4, 0.5) is 0 Å². The Morgan fingerprint density at radius 3 is 2.88 bits per heavy atom. The van der Waals surface area contributed by atoms with E-state index in [0.717, 1.165) is 28.1 Å². The van der Waals surface area contributed by atoms with Gasteiger partial charge in [-0.1, -0.05) is 28.8 Å². The van der Waals surface area contributed by atoms with Gasteiger partial charge in [0.25, 0.3) is 0 Å². The largest absolute Gasteiger partial charge is 0.494 e. The molecule has 3 heteroatoms. The minimum Gasteiger partial charge on any atom is -0.494 e. The third-order valence-electron chi connectivity index (χ3n) is 2.96. The third-order valence-corrected chi connectivity index (χ3v) is 3.45. The van der Waals surface area contributed by atoms with Crippen molar-refractivity contribution in [1.29, 1.82) is 0 Å². The van der Waals surface area contributed by atoms with E-state index >= 15 is 0 Å². The summed E-state index contributed by atoms with van der Waals surface area (Å²) >= 11 is 3.49. The van der Waals surface area contributed by atoms with Crippen LogP contribution in [0.5, 0.6) is 5.75 Å². The highest BCUT2D eigenvalue weighted by Crippen LogP contribution is 2.39. The van der Waals surface area contributed by atoms with Gasteiger partial charge in [0.2, 0.25) is 0 Å². The van der Waals surface area contributed by atoms with Gasteiger partial charge in [0.1, 0.15) is 5.75 Å². The zero-order chi connectivity index (χ0) is 11.5. The van der Waals surface area contributed by atoms with Crippen LogP contribution >= 0.6 is 15.9 Å². The van der Waals surface area contributed by atoms with Crippen LogP contribution in [-0.4, -0.2) is 6.61 Å². The fourth-order valence-electron chi connectivity index (χ4n) is 1.94. The lowest BCUT2D eigenvalue weighted by Gasteiger charge is -2.16. The van der Waals surface area contributed by atoms with Crippen molar-refractivity contribution in [2.45, 2.75) is 32.2 Å². The predicted molar refractivity (Wildman–Crippen MR) is 69.6 cm³/mol. The van der Waals surface area contributed by atoms with Crippen molar-refractivity contribution in [3.63, 3.8) is 0 Å². The third kappa shape index (κ3) is 2.98. The smallest absolute Gasteiger partial charge is 0.124 e. The summed E-state index contributed by atoms with van der Waals surface area (Å²) in [4.78, 5) is 0. The van der Waals surface area contributed by atoms with Crippen LogP contribution < -0.4 is 10.5 Å². The van der Waals surface area contributed by atoms with Gasteiger partial charge < -0.3 is 10.5 Å². The Kier molecular flexibility index (Phi) is 3.87.